The van der Waals surface area contributed by atoms with Crippen molar-refractivity contribution in [3.8, 4) is 5.75 Å². The van der Waals surface area contributed by atoms with Crippen LogP contribution in [-0.2, 0) is 11.3 Å². The van der Waals surface area contributed by atoms with Crippen LogP contribution in [0, 0.1) is 6.92 Å². The van der Waals surface area contributed by atoms with E-state index in [1.165, 1.54) is 24.0 Å². The van der Waals surface area contributed by atoms with E-state index in [0.717, 1.165) is 30.7 Å². The molecule has 2 aliphatic rings. The molecule has 1 saturated heterocycles. The van der Waals surface area contributed by atoms with Crippen LogP contribution in [-0.4, -0.2) is 50.7 Å². The molecule has 1 aliphatic heterocycles. The van der Waals surface area contributed by atoms with Gasteiger partial charge in [-0.05, 0) is 88.6 Å². The average Bonchev–Trinajstić information content (AvgIpc) is 3.51. The standard InChI is InChI=1S/C18H23N3O.C7H13NO2/c1-12(2)22-17-7-14(6-16(8-17)15-4-5-15)11-21-18-19-9-13(3)10-20-18;1-7(2,10)6-3-4-8(6)5-9/h6-10,12,15H,4-5,11H2,1-3H3,(H,19,20,21);5-6,10H,3-4H2,1-2H3. The number of likely N-dealkylation sites (tertiary alicyclic amines) is 1. The Morgan fingerprint density at radius 2 is 1.91 bits per heavy atom. The first-order valence-corrected chi connectivity index (χ1v) is 11.4. The summed E-state index contributed by atoms with van der Waals surface area (Å²) < 4.78 is 5.88. The lowest BCUT2D eigenvalue weighted by molar-refractivity contribution is -0.135. The highest BCUT2D eigenvalue weighted by Gasteiger charge is 2.37. The van der Waals surface area contributed by atoms with Crippen molar-refractivity contribution in [1.82, 2.24) is 14.9 Å². The van der Waals surface area contributed by atoms with Crippen LogP contribution in [0.4, 0.5) is 5.95 Å². The Morgan fingerprint density at radius 3 is 2.38 bits per heavy atom. The van der Waals surface area contributed by atoms with E-state index < -0.39 is 5.60 Å². The maximum atomic E-state index is 10.3. The fourth-order valence-electron chi connectivity index (χ4n) is 3.74. The average molecular weight is 441 g/mol. The highest BCUT2D eigenvalue weighted by molar-refractivity contribution is 5.50. The summed E-state index contributed by atoms with van der Waals surface area (Å²) in [6.07, 6.45) is 8.13. The van der Waals surface area contributed by atoms with Crippen molar-refractivity contribution in [2.75, 3.05) is 11.9 Å². The second-order valence-corrected chi connectivity index (χ2v) is 9.59. The third kappa shape index (κ3) is 6.92. The van der Waals surface area contributed by atoms with Crippen molar-refractivity contribution in [2.45, 2.75) is 84.1 Å². The Kier molecular flexibility index (Phi) is 7.72. The van der Waals surface area contributed by atoms with Crippen LogP contribution in [0.1, 0.15) is 69.6 Å². The number of amides is 1. The summed E-state index contributed by atoms with van der Waals surface area (Å²) in [7, 11) is 0. The zero-order chi connectivity index (χ0) is 23.3. The molecule has 174 valence electrons. The summed E-state index contributed by atoms with van der Waals surface area (Å²) in [4.78, 5) is 20.4. The van der Waals surface area contributed by atoms with E-state index in [2.05, 4.69) is 47.3 Å². The van der Waals surface area contributed by atoms with E-state index in [0.29, 0.717) is 18.4 Å². The van der Waals surface area contributed by atoms with Crippen LogP contribution in [0.15, 0.2) is 30.6 Å². The van der Waals surface area contributed by atoms with Crippen LogP contribution in [0.2, 0.25) is 0 Å². The van der Waals surface area contributed by atoms with Gasteiger partial charge in [0.15, 0.2) is 0 Å². The van der Waals surface area contributed by atoms with Gasteiger partial charge < -0.3 is 20.1 Å². The molecule has 0 bridgehead atoms. The smallest absolute Gasteiger partial charge is 0.222 e. The van der Waals surface area contributed by atoms with Crippen LogP contribution in [0.25, 0.3) is 0 Å². The van der Waals surface area contributed by atoms with E-state index in [1.807, 2.05) is 19.3 Å². The Hall–Kier alpha value is -2.67. The molecule has 2 N–H and O–H groups in total. The minimum absolute atomic E-state index is 0.0324. The normalized spacial score (nSPS) is 17.8. The van der Waals surface area contributed by atoms with Crippen molar-refractivity contribution in [3.05, 3.63) is 47.3 Å². The number of nitrogens with one attached hydrogen (secondary N) is 1. The fourth-order valence-corrected chi connectivity index (χ4v) is 3.74. The summed E-state index contributed by atoms with van der Waals surface area (Å²) in [5.74, 6) is 2.33. The number of benzene rings is 1. The van der Waals surface area contributed by atoms with Gasteiger partial charge in [0.1, 0.15) is 5.75 Å². The lowest BCUT2D eigenvalue weighted by Gasteiger charge is -2.45. The molecule has 32 heavy (non-hydrogen) atoms. The lowest BCUT2D eigenvalue weighted by atomic mass is 9.89. The number of hydrogen-bond donors (Lipinski definition) is 2. The number of nitrogens with zero attached hydrogens (tertiary/aromatic N) is 3. The van der Waals surface area contributed by atoms with E-state index in [1.54, 1.807) is 18.7 Å². The van der Waals surface area contributed by atoms with Crippen LogP contribution < -0.4 is 10.1 Å². The van der Waals surface area contributed by atoms with Crippen molar-refractivity contribution in [3.63, 3.8) is 0 Å². The number of rotatable bonds is 8. The number of aliphatic hydroxyl groups is 1. The third-order valence-electron chi connectivity index (χ3n) is 5.65. The van der Waals surface area contributed by atoms with Crippen LogP contribution >= 0.6 is 0 Å². The zero-order valence-corrected chi connectivity index (χ0v) is 19.8. The molecular formula is C25H36N4O3. The topological polar surface area (TPSA) is 87.6 Å². The molecule has 0 spiro atoms. The number of carbonyl (C=O) groups excluding carboxylic acids is 1. The summed E-state index contributed by atoms with van der Waals surface area (Å²) in [6.45, 7) is 11.1. The fraction of sp³-hybridized carbons (Fsp3) is 0.560. The van der Waals surface area contributed by atoms with Gasteiger partial charge in [-0.25, -0.2) is 9.97 Å². The molecule has 1 aromatic heterocycles. The summed E-state index contributed by atoms with van der Waals surface area (Å²) in [6, 6.07) is 6.59. The number of anilines is 1. The first kappa shape index (κ1) is 24.0. The molecule has 1 atom stereocenters. The molecule has 2 fully saturated rings. The van der Waals surface area contributed by atoms with Gasteiger partial charge in [0.2, 0.25) is 12.4 Å². The van der Waals surface area contributed by atoms with Crippen LogP contribution in [0.3, 0.4) is 0 Å². The Labute approximate surface area is 191 Å². The molecule has 0 radical (unpaired) electrons. The summed E-state index contributed by atoms with van der Waals surface area (Å²) in [5.41, 5.74) is 2.93. The lowest BCUT2D eigenvalue weighted by Crippen LogP contribution is -2.57. The van der Waals surface area contributed by atoms with E-state index in [-0.39, 0.29) is 12.1 Å². The van der Waals surface area contributed by atoms with Crippen molar-refractivity contribution in [1.29, 1.82) is 0 Å². The van der Waals surface area contributed by atoms with E-state index >= 15 is 0 Å². The molecular weight excluding hydrogens is 404 g/mol. The Morgan fingerprint density at radius 1 is 1.22 bits per heavy atom. The van der Waals surface area contributed by atoms with Gasteiger partial charge >= 0.3 is 0 Å². The third-order valence-corrected chi connectivity index (χ3v) is 5.65. The monoisotopic (exact) mass is 440 g/mol. The molecule has 2 heterocycles. The molecule has 4 rings (SSSR count). The molecule has 1 aromatic carbocycles. The van der Waals surface area contributed by atoms with Gasteiger partial charge in [-0.15, -0.1) is 0 Å². The number of hydrogen-bond acceptors (Lipinski definition) is 6. The predicted octanol–water partition coefficient (Wildman–Crippen LogP) is 4.05. The Bertz CT molecular complexity index is 889. The van der Waals surface area contributed by atoms with E-state index in [4.69, 9.17) is 4.74 Å². The van der Waals surface area contributed by atoms with Crippen molar-refractivity contribution in [2.24, 2.45) is 0 Å². The van der Waals surface area contributed by atoms with E-state index in [9.17, 15) is 9.90 Å². The quantitative estimate of drug-likeness (QED) is 0.602. The summed E-state index contributed by atoms with van der Waals surface area (Å²) in [5, 5.41) is 12.7. The number of aromatic nitrogens is 2. The first-order chi connectivity index (χ1) is 15.2. The van der Waals surface area contributed by atoms with Crippen LogP contribution in [0.5, 0.6) is 5.75 Å². The minimum Gasteiger partial charge on any atom is -0.491 e. The number of aryl methyl sites for hydroxylation is 1. The molecule has 1 saturated carbocycles. The highest BCUT2D eigenvalue weighted by atomic mass is 16.5. The minimum atomic E-state index is -0.737. The van der Waals surface area contributed by atoms with Gasteiger partial charge in [-0.3, -0.25) is 4.79 Å². The van der Waals surface area contributed by atoms with Gasteiger partial charge in [0.05, 0.1) is 17.7 Å². The molecule has 7 nitrogen and oxygen atoms in total. The van der Waals surface area contributed by atoms with Crippen molar-refractivity contribution < 1.29 is 14.6 Å². The second kappa shape index (κ2) is 10.3. The molecule has 1 amide bonds. The largest absolute Gasteiger partial charge is 0.491 e. The van der Waals surface area contributed by atoms with Gasteiger partial charge in [-0.1, -0.05) is 6.07 Å². The Balaban J connectivity index is 0.000000243. The van der Waals surface area contributed by atoms with Crippen molar-refractivity contribution >= 4 is 12.4 Å². The molecule has 1 aliphatic carbocycles. The highest BCUT2D eigenvalue weighted by Crippen LogP contribution is 2.41. The second-order valence-electron chi connectivity index (χ2n) is 9.59. The molecule has 7 heteroatoms. The predicted molar refractivity (Wildman–Crippen MR) is 126 cm³/mol. The molecule has 2 aromatic rings. The van der Waals surface area contributed by atoms with Gasteiger partial charge in [0.25, 0.3) is 0 Å². The number of carbonyl (C=O) groups is 1. The summed E-state index contributed by atoms with van der Waals surface area (Å²) >= 11 is 0. The van der Waals surface area contributed by atoms with Gasteiger partial charge in [-0.2, -0.15) is 0 Å². The SMILES string of the molecule is CC(C)(O)C1CCN1C=O.Cc1cnc(NCc2cc(OC(C)C)cc(C3CC3)c2)nc1. The number of ether oxygens (including phenoxy) is 1. The van der Waals surface area contributed by atoms with Gasteiger partial charge in [0, 0.05) is 25.5 Å². The first-order valence-electron chi connectivity index (χ1n) is 11.4. The maximum absolute atomic E-state index is 10.3. The zero-order valence-electron chi connectivity index (χ0n) is 19.8. The molecule has 1 unspecified atom stereocenters. The maximum Gasteiger partial charge on any atom is 0.222 e.